The number of phenolic OH excluding ortho intramolecular Hbond substituents is 1. The van der Waals surface area contributed by atoms with E-state index in [1.54, 1.807) is 0 Å². The van der Waals surface area contributed by atoms with E-state index >= 15 is 0 Å². The molecule has 1 aromatic heterocycles. The molecule has 0 bridgehead atoms. The van der Waals surface area contributed by atoms with E-state index in [2.05, 4.69) is 136 Å². The van der Waals surface area contributed by atoms with E-state index in [9.17, 15) is 20.1 Å². The fourth-order valence-corrected chi connectivity index (χ4v) is 7.37. The van der Waals surface area contributed by atoms with Gasteiger partial charge in [-0.25, -0.2) is 0 Å². The molecule has 0 spiro atoms. The number of hydrogen-bond donors (Lipinski definition) is 4. The van der Waals surface area contributed by atoms with Crippen LogP contribution in [0.5, 0.6) is 11.5 Å². The number of pyridine rings is 1. The van der Waals surface area contributed by atoms with Gasteiger partial charge in [0.05, 0.1) is 29.4 Å². The van der Waals surface area contributed by atoms with E-state index in [0.29, 0.717) is 29.2 Å². The number of rotatable bonds is 13. The van der Waals surface area contributed by atoms with Crippen LogP contribution in [0.2, 0.25) is 0 Å². The summed E-state index contributed by atoms with van der Waals surface area (Å²) >= 11 is 0. The van der Waals surface area contributed by atoms with Crippen molar-refractivity contribution in [2.45, 2.75) is 158 Å². The van der Waals surface area contributed by atoms with Gasteiger partial charge in [-0.15, -0.1) is 0 Å². The van der Waals surface area contributed by atoms with E-state index < -0.39 is 17.5 Å². The van der Waals surface area contributed by atoms with Crippen molar-refractivity contribution in [2.75, 3.05) is 10.6 Å². The molecule has 3 aromatic carbocycles. The Balaban J connectivity index is 0.000000505. The largest absolute Gasteiger partial charge is 1.00 e. The fourth-order valence-electron chi connectivity index (χ4n) is 7.37. The third-order valence-electron chi connectivity index (χ3n) is 10.3. The number of carbonyl (C=O) groups is 1. The second kappa shape index (κ2) is 20.4. The van der Waals surface area contributed by atoms with Crippen molar-refractivity contribution in [1.29, 1.82) is 0 Å². The first-order valence-corrected chi connectivity index (χ1v) is 20.2. The summed E-state index contributed by atoms with van der Waals surface area (Å²) in [5.74, 6) is -0.727. The van der Waals surface area contributed by atoms with Crippen LogP contribution < -0.4 is 15.7 Å². The van der Waals surface area contributed by atoms with E-state index in [-0.39, 0.29) is 46.3 Å². The normalized spacial score (nSPS) is 12.5. The number of carbonyl (C=O) groups excluding carboxylic acids is 1. The maximum atomic E-state index is 11.1. The first kappa shape index (κ1) is 48.1. The van der Waals surface area contributed by atoms with Gasteiger partial charge in [-0.2, -0.15) is 0 Å². The van der Waals surface area contributed by atoms with Crippen LogP contribution in [0.15, 0.2) is 48.5 Å². The molecule has 308 valence electrons. The molecule has 0 saturated heterocycles. The number of aromatic carboxylic acids is 1. The van der Waals surface area contributed by atoms with Crippen molar-refractivity contribution in [3.8, 4) is 11.5 Å². The molecule has 56 heavy (non-hydrogen) atoms. The molecule has 7 nitrogen and oxygen atoms in total. The number of phenols is 2. The third kappa shape index (κ3) is 11.5. The maximum absolute atomic E-state index is 11.1. The van der Waals surface area contributed by atoms with Gasteiger partial charge in [0, 0.05) is 16.9 Å². The number of nitrogens with zero attached hydrogens (tertiary/aromatic N) is 1. The number of nitrogens with one attached hydrogen (secondary N) is 2. The molecule has 0 amide bonds. The maximum Gasteiger partial charge on any atom is 1.00 e. The Bertz CT molecular complexity index is 1800. The zero-order chi connectivity index (χ0) is 41.6. The van der Waals surface area contributed by atoms with Gasteiger partial charge in [0.25, 0.3) is 0 Å². The molecule has 0 aliphatic heterocycles. The average Bonchev–Trinajstić information content (AvgIpc) is 3.09. The van der Waals surface area contributed by atoms with Crippen LogP contribution in [0.25, 0.3) is 0 Å². The topological polar surface area (TPSA) is 118 Å². The van der Waals surface area contributed by atoms with E-state index in [4.69, 9.17) is 4.98 Å². The third-order valence-corrected chi connectivity index (χ3v) is 10.3. The number of carboxylic acid groups (broad SMARTS) is 1. The van der Waals surface area contributed by atoms with Crippen molar-refractivity contribution < 1.29 is 36.9 Å². The second-order valence-corrected chi connectivity index (χ2v) is 17.2. The minimum atomic E-state index is -1.47. The number of anilines is 2. The molecule has 2 unspecified atom stereocenters. The molecule has 0 radical (unpaired) electrons. The van der Waals surface area contributed by atoms with Gasteiger partial charge in [0.15, 0.2) is 11.5 Å². The predicted molar refractivity (Wildman–Crippen MR) is 229 cm³/mol. The molecular weight excluding hydrogens is 741 g/mol. The Morgan fingerprint density at radius 3 is 1.20 bits per heavy atom. The molecular formula is C48H68CoN3O4. The quantitative estimate of drug-likeness (QED) is 0.0993. The molecule has 0 aliphatic carbocycles. The van der Waals surface area contributed by atoms with E-state index in [1.165, 1.54) is 50.8 Å². The molecule has 8 heteroatoms. The van der Waals surface area contributed by atoms with Crippen LogP contribution in [0.3, 0.4) is 0 Å². The van der Waals surface area contributed by atoms with E-state index in [1.807, 2.05) is 27.7 Å². The Morgan fingerprint density at radius 1 is 0.571 bits per heavy atom. The number of carboxylic acids is 1. The number of aryl methyl sites for hydroxylation is 2. The van der Waals surface area contributed by atoms with Gasteiger partial charge in [-0.1, -0.05) is 125 Å². The zero-order valence-electron chi connectivity index (χ0n) is 36.7. The first-order valence-electron chi connectivity index (χ1n) is 20.2. The summed E-state index contributed by atoms with van der Waals surface area (Å²) in [4.78, 5) is 16.3. The fraction of sp³-hybridized carbons (Fsp3) is 0.500. The first-order chi connectivity index (χ1) is 25.6. The molecule has 1 heterocycles. The van der Waals surface area contributed by atoms with Crippen LogP contribution in [0.4, 0.5) is 11.4 Å². The van der Waals surface area contributed by atoms with Gasteiger partial charge in [-0.3, -0.25) is 4.98 Å². The summed E-state index contributed by atoms with van der Waals surface area (Å²) in [6.45, 7) is 34.6. The predicted octanol–water partition coefficient (Wildman–Crippen LogP) is 12.2. The minimum Gasteiger partial charge on any atom is -0.545 e. The Hall–Kier alpha value is -4.01. The van der Waals surface area contributed by atoms with Crippen molar-refractivity contribution in [1.82, 2.24) is 4.98 Å². The number of benzene rings is 3. The summed E-state index contributed by atoms with van der Waals surface area (Å²) in [5, 5.41) is 38.0. The number of aromatic nitrogens is 1. The number of hydrogen-bond acceptors (Lipinski definition) is 7. The van der Waals surface area contributed by atoms with Crippen LogP contribution in [-0.2, 0) is 16.8 Å². The smallest absolute Gasteiger partial charge is 0.545 e. The summed E-state index contributed by atoms with van der Waals surface area (Å²) < 4.78 is 0. The Labute approximate surface area is 348 Å². The van der Waals surface area contributed by atoms with Gasteiger partial charge in [0.1, 0.15) is 0 Å². The van der Waals surface area contributed by atoms with Crippen LogP contribution in [-0.4, -0.2) is 21.2 Å². The van der Waals surface area contributed by atoms with Crippen molar-refractivity contribution in [3.05, 3.63) is 110 Å². The molecule has 0 fully saturated rings. The van der Waals surface area contributed by atoms with Gasteiger partial charge in [-0.05, 0) is 115 Å². The Morgan fingerprint density at radius 2 is 0.911 bits per heavy atom. The average molecular weight is 810 g/mol. The zero-order valence-corrected chi connectivity index (χ0v) is 37.8. The monoisotopic (exact) mass is 809 g/mol. The summed E-state index contributed by atoms with van der Waals surface area (Å²) in [7, 11) is 0. The van der Waals surface area contributed by atoms with Gasteiger partial charge >= 0.3 is 16.8 Å². The standard InChI is InChI=1S/C35H51N3.C13H18O4.Co/c1-20(2)28-16-24(9)17-29(21(3)4)34(28)36-26(11)32-14-13-15-33(38-32)27(12)37-35-30(22(5)6)18-25(10)19-31(35)23(7)8;1-6(2)8-5-9(14)12(15)11(13(16)17)10(8)7(3)4;/h13-23,26-27,36-37H,1-12H3;5-7,14-15H,1-4H3,(H,16,17);/q;;+1/p-1. The van der Waals surface area contributed by atoms with Crippen LogP contribution in [0, 0.1) is 13.8 Å². The van der Waals surface area contributed by atoms with Gasteiger partial charge < -0.3 is 30.7 Å². The minimum absolute atomic E-state index is 0. The molecule has 2 atom stereocenters. The molecule has 4 N–H and O–H groups in total. The van der Waals surface area contributed by atoms with Crippen molar-refractivity contribution >= 4 is 17.3 Å². The summed E-state index contributed by atoms with van der Waals surface area (Å²) in [5.41, 5.74) is 13.8. The SMILES string of the molecule is CC(C)c1cc(O)c(O)c(C(=O)[O-])c1C(C)C.Cc1cc(C(C)C)c(NC(C)c2cccc(C(C)Nc3c(C(C)C)cc(C)cc3C(C)C)n2)c(C(C)C)c1.[Co+]. The number of aromatic hydroxyl groups is 2. The van der Waals surface area contributed by atoms with Crippen molar-refractivity contribution in [2.24, 2.45) is 0 Å². The molecule has 4 rings (SSSR count). The molecule has 0 aliphatic rings. The molecule has 0 saturated carbocycles. The molecule has 4 aromatic rings. The van der Waals surface area contributed by atoms with E-state index in [0.717, 1.165) is 17.0 Å². The van der Waals surface area contributed by atoms with Crippen LogP contribution in [0.1, 0.15) is 211 Å². The Kier molecular flexibility index (Phi) is 17.6. The second-order valence-electron chi connectivity index (χ2n) is 17.2. The van der Waals surface area contributed by atoms with Crippen molar-refractivity contribution in [3.63, 3.8) is 0 Å². The van der Waals surface area contributed by atoms with Gasteiger partial charge in [0.2, 0.25) is 0 Å². The summed E-state index contributed by atoms with van der Waals surface area (Å²) in [6, 6.07) is 17.4. The van der Waals surface area contributed by atoms with Crippen LogP contribution >= 0.6 is 0 Å². The summed E-state index contributed by atoms with van der Waals surface area (Å²) in [6.07, 6.45) is 0.